The van der Waals surface area contributed by atoms with E-state index in [1.165, 1.54) is 0 Å². The zero-order chi connectivity index (χ0) is 21.9. The largest absolute Gasteiger partial charge is 0.491 e. The summed E-state index contributed by atoms with van der Waals surface area (Å²) < 4.78 is 16.9. The van der Waals surface area contributed by atoms with Crippen molar-refractivity contribution < 1.29 is 34.0 Å². The number of hydrogen-bond acceptors (Lipinski definition) is 6. The molecular formula is C20H30ClNO7. The predicted molar refractivity (Wildman–Crippen MR) is 109 cm³/mol. The average molecular weight is 432 g/mol. The summed E-state index contributed by atoms with van der Waals surface area (Å²) in [7, 11) is 0. The lowest BCUT2D eigenvalue weighted by atomic mass is 9.86. The van der Waals surface area contributed by atoms with E-state index in [2.05, 4.69) is 25.7 Å². The van der Waals surface area contributed by atoms with Gasteiger partial charge >= 0.3 is 11.9 Å². The Morgan fingerprint density at radius 2 is 1.72 bits per heavy atom. The average Bonchev–Trinajstić information content (AvgIpc) is 2.66. The molecule has 0 aromatic heterocycles. The van der Waals surface area contributed by atoms with Crippen molar-refractivity contribution in [3.63, 3.8) is 0 Å². The van der Waals surface area contributed by atoms with Crippen molar-refractivity contribution in [2.24, 2.45) is 0 Å². The van der Waals surface area contributed by atoms with Crippen LogP contribution < -0.4 is 4.74 Å². The third-order valence-electron chi connectivity index (χ3n) is 4.07. The molecule has 0 bridgehead atoms. The molecule has 164 valence electrons. The van der Waals surface area contributed by atoms with Gasteiger partial charge in [-0.05, 0) is 23.6 Å². The van der Waals surface area contributed by atoms with Crippen LogP contribution in [0.25, 0.3) is 0 Å². The summed E-state index contributed by atoms with van der Waals surface area (Å²) in [5, 5.41) is 15.5. The van der Waals surface area contributed by atoms with Gasteiger partial charge in [0.15, 0.2) is 0 Å². The molecule has 1 aliphatic heterocycles. The molecule has 0 atom stereocenters. The van der Waals surface area contributed by atoms with E-state index in [1.54, 1.807) is 0 Å². The molecule has 9 heteroatoms. The zero-order valence-corrected chi connectivity index (χ0v) is 17.9. The van der Waals surface area contributed by atoms with Crippen molar-refractivity contribution in [1.29, 1.82) is 0 Å². The van der Waals surface area contributed by atoms with Gasteiger partial charge in [-0.25, -0.2) is 9.59 Å². The summed E-state index contributed by atoms with van der Waals surface area (Å²) in [6.45, 7) is 13.0. The van der Waals surface area contributed by atoms with Crippen LogP contribution >= 0.6 is 11.6 Å². The third kappa shape index (κ3) is 10.5. The Bertz CT molecular complexity index is 643. The van der Waals surface area contributed by atoms with Crippen molar-refractivity contribution >= 4 is 23.5 Å². The number of aliphatic carboxylic acids is 2. The Morgan fingerprint density at radius 3 is 2.28 bits per heavy atom. The molecule has 2 rings (SSSR count). The summed E-state index contributed by atoms with van der Waals surface area (Å²) in [6, 6.07) is 5.79. The van der Waals surface area contributed by atoms with Crippen molar-refractivity contribution in [2.45, 2.75) is 26.2 Å². The van der Waals surface area contributed by atoms with E-state index < -0.39 is 11.9 Å². The van der Waals surface area contributed by atoms with Gasteiger partial charge in [0.2, 0.25) is 0 Å². The van der Waals surface area contributed by atoms with Gasteiger partial charge in [0.05, 0.1) is 26.4 Å². The molecule has 0 radical (unpaired) electrons. The fourth-order valence-electron chi connectivity index (χ4n) is 2.55. The van der Waals surface area contributed by atoms with Crippen LogP contribution in [0.15, 0.2) is 18.2 Å². The first-order valence-electron chi connectivity index (χ1n) is 9.38. The monoisotopic (exact) mass is 431 g/mol. The molecule has 29 heavy (non-hydrogen) atoms. The summed E-state index contributed by atoms with van der Waals surface area (Å²) >= 11 is 6.11. The summed E-state index contributed by atoms with van der Waals surface area (Å²) in [5.41, 5.74) is 1.12. The second kappa shape index (κ2) is 12.6. The Kier molecular flexibility index (Phi) is 11.0. The van der Waals surface area contributed by atoms with Crippen LogP contribution in [0.4, 0.5) is 0 Å². The fourth-order valence-corrected chi connectivity index (χ4v) is 2.72. The van der Waals surface area contributed by atoms with Gasteiger partial charge in [0.25, 0.3) is 0 Å². The molecule has 0 amide bonds. The molecule has 1 saturated heterocycles. The van der Waals surface area contributed by atoms with Crippen LogP contribution in [-0.4, -0.2) is 79.7 Å². The normalized spacial score (nSPS) is 14.6. The van der Waals surface area contributed by atoms with Crippen molar-refractivity contribution in [1.82, 2.24) is 4.90 Å². The molecule has 1 fully saturated rings. The molecule has 8 nitrogen and oxygen atoms in total. The Hall–Kier alpha value is -1.87. The van der Waals surface area contributed by atoms with Crippen LogP contribution in [0.1, 0.15) is 26.3 Å². The molecule has 0 unspecified atom stereocenters. The van der Waals surface area contributed by atoms with Crippen LogP contribution in [0.2, 0.25) is 5.02 Å². The molecule has 0 saturated carbocycles. The maximum atomic E-state index is 9.10. The second-order valence-electron chi connectivity index (χ2n) is 7.42. The van der Waals surface area contributed by atoms with E-state index in [4.69, 9.17) is 45.6 Å². The standard InChI is InChI=1S/C18H28ClNO3.C2H2O4/c1-18(2,3)16-14-15(19)4-5-17(16)23-13-12-22-11-8-20-6-9-21-10-7-20;3-1(4)2(5)6/h4-5,14H,6-13H2,1-3H3;(H,3,4)(H,5,6). The lowest BCUT2D eigenvalue weighted by molar-refractivity contribution is -0.159. The van der Waals surface area contributed by atoms with Gasteiger partial charge in [-0.15, -0.1) is 0 Å². The number of ether oxygens (including phenoxy) is 3. The summed E-state index contributed by atoms with van der Waals surface area (Å²) in [5.74, 6) is -2.76. The number of hydrogen-bond donors (Lipinski definition) is 2. The van der Waals surface area contributed by atoms with E-state index in [-0.39, 0.29) is 5.41 Å². The van der Waals surface area contributed by atoms with Crippen LogP contribution in [0.5, 0.6) is 5.75 Å². The number of carbonyl (C=O) groups is 2. The number of nitrogens with zero attached hydrogens (tertiary/aromatic N) is 1. The predicted octanol–water partition coefficient (Wildman–Crippen LogP) is 2.52. The minimum absolute atomic E-state index is 0.00256. The number of benzene rings is 1. The fraction of sp³-hybridized carbons (Fsp3) is 0.600. The number of morpholine rings is 1. The highest BCUT2D eigenvalue weighted by Crippen LogP contribution is 2.33. The lowest BCUT2D eigenvalue weighted by Gasteiger charge is -2.26. The lowest BCUT2D eigenvalue weighted by Crippen LogP contribution is -2.38. The highest BCUT2D eigenvalue weighted by atomic mass is 35.5. The van der Waals surface area contributed by atoms with Crippen molar-refractivity contribution in [3.8, 4) is 5.75 Å². The van der Waals surface area contributed by atoms with E-state index in [0.29, 0.717) is 13.2 Å². The Balaban J connectivity index is 0.000000612. The van der Waals surface area contributed by atoms with Gasteiger partial charge in [0, 0.05) is 30.2 Å². The van der Waals surface area contributed by atoms with Gasteiger partial charge in [-0.2, -0.15) is 0 Å². The van der Waals surface area contributed by atoms with Crippen LogP contribution in [-0.2, 0) is 24.5 Å². The zero-order valence-electron chi connectivity index (χ0n) is 17.1. The van der Waals surface area contributed by atoms with E-state index >= 15 is 0 Å². The third-order valence-corrected chi connectivity index (χ3v) is 4.31. The maximum absolute atomic E-state index is 9.10. The molecule has 1 heterocycles. The van der Waals surface area contributed by atoms with Crippen LogP contribution in [0, 0.1) is 0 Å². The smallest absolute Gasteiger partial charge is 0.414 e. The highest BCUT2D eigenvalue weighted by Gasteiger charge is 2.19. The number of carboxylic acids is 2. The maximum Gasteiger partial charge on any atom is 0.414 e. The van der Waals surface area contributed by atoms with Gasteiger partial charge in [-0.3, -0.25) is 4.90 Å². The molecule has 1 aromatic carbocycles. The second-order valence-corrected chi connectivity index (χ2v) is 7.85. The number of halogens is 1. The highest BCUT2D eigenvalue weighted by molar-refractivity contribution is 6.30. The molecule has 0 aliphatic carbocycles. The van der Waals surface area contributed by atoms with E-state index in [9.17, 15) is 0 Å². The van der Waals surface area contributed by atoms with Crippen LogP contribution in [0.3, 0.4) is 0 Å². The summed E-state index contributed by atoms with van der Waals surface area (Å²) in [6.07, 6.45) is 0. The van der Waals surface area contributed by atoms with Crippen molar-refractivity contribution in [3.05, 3.63) is 28.8 Å². The molecule has 1 aromatic rings. The molecule has 1 aliphatic rings. The molecular weight excluding hydrogens is 402 g/mol. The van der Waals surface area contributed by atoms with E-state index in [1.807, 2.05) is 18.2 Å². The molecule has 0 spiro atoms. The van der Waals surface area contributed by atoms with Gasteiger partial charge < -0.3 is 24.4 Å². The first kappa shape index (κ1) is 25.2. The number of rotatable bonds is 7. The SMILES string of the molecule is CC(C)(C)c1cc(Cl)ccc1OCCOCCN1CCOCC1.O=C(O)C(=O)O. The van der Waals surface area contributed by atoms with Gasteiger partial charge in [0.1, 0.15) is 12.4 Å². The Labute approximate surface area is 176 Å². The minimum Gasteiger partial charge on any atom is -0.491 e. The summed E-state index contributed by atoms with van der Waals surface area (Å²) in [4.78, 5) is 20.6. The van der Waals surface area contributed by atoms with Crippen molar-refractivity contribution in [2.75, 3.05) is 52.7 Å². The number of carboxylic acid groups (broad SMARTS) is 2. The first-order chi connectivity index (χ1) is 13.6. The topological polar surface area (TPSA) is 106 Å². The van der Waals surface area contributed by atoms with E-state index in [0.717, 1.165) is 55.8 Å². The molecule has 2 N–H and O–H groups in total. The Morgan fingerprint density at radius 1 is 1.10 bits per heavy atom. The van der Waals surface area contributed by atoms with Gasteiger partial charge in [-0.1, -0.05) is 32.4 Å². The first-order valence-corrected chi connectivity index (χ1v) is 9.76. The quantitative estimate of drug-likeness (QED) is 0.501. The minimum atomic E-state index is -1.82.